The zero-order valence-corrected chi connectivity index (χ0v) is 8.55. The Morgan fingerprint density at radius 2 is 2.36 bits per heavy atom. The number of nitrogens with zero attached hydrogens (tertiary/aromatic N) is 1. The Bertz CT molecular complexity index is 295. The average Bonchev–Trinajstić information content (AvgIpc) is 2.59. The molecule has 0 spiro atoms. The molecule has 78 valence electrons. The molecule has 1 heterocycles. The van der Waals surface area contributed by atoms with Gasteiger partial charge in [-0.25, -0.2) is 0 Å². The fraction of sp³-hybridized carbons (Fsp3) is 0.556. The molecular weight excluding hydrogens is 180 g/mol. The lowest BCUT2D eigenvalue weighted by Gasteiger charge is -2.04. The minimum atomic E-state index is -0.0749. The number of aromatic amines is 1. The summed E-state index contributed by atoms with van der Waals surface area (Å²) in [7, 11) is 0. The summed E-state index contributed by atoms with van der Waals surface area (Å²) in [5.74, 6) is -0.0749. The second-order valence-electron chi connectivity index (χ2n) is 3.02. The number of H-pyrrole nitrogens is 1. The number of carbonyl (C=O) groups excluding carboxylic acids is 1. The second-order valence-corrected chi connectivity index (χ2v) is 3.02. The zero-order valence-electron chi connectivity index (χ0n) is 8.55. The van der Waals surface area contributed by atoms with Crippen molar-refractivity contribution in [2.24, 2.45) is 0 Å². The van der Waals surface area contributed by atoms with Crippen molar-refractivity contribution in [1.29, 1.82) is 0 Å². The second kappa shape index (κ2) is 5.39. The van der Waals surface area contributed by atoms with Gasteiger partial charge in [0.25, 0.3) is 5.91 Å². The molecule has 5 nitrogen and oxygen atoms in total. The molecule has 0 radical (unpaired) electrons. The van der Waals surface area contributed by atoms with Crippen molar-refractivity contribution < 1.29 is 4.79 Å². The van der Waals surface area contributed by atoms with Gasteiger partial charge in [0.15, 0.2) is 0 Å². The smallest absolute Gasteiger partial charge is 0.254 e. The van der Waals surface area contributed by atoms with E-state index in [1.165, 1.54) is 6.20 Å². The van der Waals surface area contributed by atoms with E-state index in [0.29, 0.717) is 12.1 Å². The first-order chi connectivity index (χ1) is 6.75. The molecule has 5 heteroatoms. The quantitative estimate of drug-likeness (QED) is 0.583. The first kappa shape index (κ1) is 10.7. The van der Waals surface area contributed by atoms with Crippen molar-refractivity contribution in [3.05, 3.63) is 17.5 Å². The van der Waals surface area contributed by atoms with E-state index in [0.717, 1.165) is 18.8 Å². The van der Waals surface area contributed by atoms with Crippen LogP contribution in [0.2, 0.25) is 0 Å². The van der Waals surface area contributed by atoms with Crippen LogP contribution in [0.25, 0.3) is 0 Å². The van der Waals surface area contributed by atoms with Gasteiger partial charge < -0.3 is 10.6 Å². The van der Waals surface area contributed by atoms with Crippen LogP contribution in [0.1, 0.15) is 23.0 Å². The van der Waals surface area contributed by atoms with E-state index in [9.17, 15) is 4.79 Å². The molecule has 3 N–H and O–H groups in total. The predicted octanol–water partition coefficient (Wildman–Crippen LogP) is 0.0574. The molecule has 1 aromatic heterocycles. The molecule has 1 aromatic rings. The topological polar surface area (TPSA) is 69.8 Å². The van der Waals surface area contributed by atoms with Crippen LogP contribution in [0, 0.1) is 6.92 Å². The SMILES string of the molecule is CCNCCNC(=O)c1cn[nH]c1C. The molecule has 0 fully saturated rings. The largest absolute Gasteiger partial charge is 0.351 e. The van der Waals surface area contributed by atoms with Crippen molar-refractivity contribution in [1.82, 2.24) is 20.8 Å². The van der Waals surface area contributed by atoms with Crippen LogP contribution in [0.15, 0.2) is 6.20 Å². The monoisotopic (exact) mass is 196 g/mol. The van der Waals surface area contributed by atoms with Crippen LogP contribution < -0.4 is 10.6 Å². The normalized spacial score (nSPS) is 10.1. The number of hydrogen-bond donors (Lipinski definition) is 3. The zero-order chi connectivity index (χ0) is 10.4. The van der Waals surface area contributed by atoms with Gasteiger partial charge in [0.1, 0.15) is 0 Å². The summed E-state index contributed by atoms with van der Waals surface area (Å²) >= 11 is 0. The molecule has 1 rings (SSSR count). The Balaban J connectivity index is 2.32. The van der Waals surface area contributed by atoms with E-state index in [2.05, 4.69) is 20.8 Å². The fourth-order valence-corrected chi connectivity index (χ4v) is 1.12. The number of likely N-dealkylation sites (N-methyl/N-ethyl adjacent to an activating group) is 1. The van der Waals surface area contributed by atoms with Crippen molar-refractivity contribution in [3.63, 3.8) is 0 Å². The number of nitrogens with one attached hydrogen (secondary N) is 3. The van der Waals surface area contributed by atoms with Gasteiger partial charge in [0, 0.05) is 18.8 Å². The molecule has 0 unspecified atom stereocenters. The predicted molar refractivity (Wildman–Crippen MR) is 54.2 cm³/mol. The van der Waals surface area contributed by atoms with Gasteiger partial charge in [0.2, 0.25) is 0 Å². The first-order valence-corrected chi connectivity index (χ1v) is 4.74. The molecule has 0 aromatic carbocycles. The highest BCUT2D eigenvalue weighted by atomic mass is 16.1. The summed E-state index contributed by atoms with van der Waals surface area (Å²) in [5.41, 5.74) is 1.41. The lowest BCUT2D eigenvalue weighted by Crippen LogP contribution is -2.31. The summed E-state index contributed by atoms with van der Waals surface area (Å²) in [6, 6.07) is 0. The highest BCUT2D eigenvalue weighted by Gasteiger charge is 2.08. The Hall–Kier alpha value is -1.36. The van der Waals surface area contributed by atoms with Crippen molar-refractivity contribution in [2.75, 3.05) is 19.6 Å². The maximum absolute atomic E-state index is 11.5. The van der Waals surface area contributed by atoms with Gasteiger partial charge >= 0.3 is 0 Å². The highest BCUT2D eigenvalue weighted by Crippen LogP contribution is 2.00. The number of amides is 1. The van der Waals surface area contributed by atoms with Gasteiger partial charge in [0.05, 0.1) is 11.8 Å². The molecule has 0 saturated heterocycles. The van der Waals surface area contributed by atoms with Gasteiger partial charge in [-0.2, -0.15) is 5.10 Å². The first-order valence-electron chi connectivity index (χ1n) is 4.74. The number of rotatable bonds is 5. The van der Waals surface area contributed by atoms with E-state index in [1.807, 2.05) is 13.8 Å². The third kappa shape index (κ3) is 2.85. The maximum atomic E-state index is 11.5. The van der Waals surface area contributed by atoms with Crippen molar-refractivity contribution >= 4 is 5.91 Å². The van der Waals surface area contributed by atoms with Crippen LogP contribution >= 0.6 is 0 Å². The van der Waals surface area contributed by atoms with E-state index >= 15 is 0 Å². The Kier molecular flexibility index (Phi) is 4.12. The van der Waals surface area contributed by atoms with Gasteiger partial charge in [-0.15, -0.1) is 0 Å². The van der Waals surface area contributed by atoms with Gasteiger partial charge in [-0.1, -0.05) is 6.92 Å². The van der Waals surface area contributed by atoms with E-state index < -0.39 is 0 Å². The third-order valence-corrected chi connectivity index (χ3v) is 1.91. The summed E-state index contributed by atoms with van der Waals surface area (Å²) in [6.45, 7) is 6.20. The standard InChI is InChI=1S/C9H16N4O/c1-3-10-4-5-11-9(14)8-6-12-13-7(8)2/h6,10H,3-5H2,1-2H3,(H,11,14)(H,12,13). The fourth-order valence-electron chi connectivity index (χ4n) is 1.12. The third-order valence-electron chi connectivity index (χ3n) is 1.91. The lowest BCUT2D eigenvalue weighted by molar-refractivity contribution is 0.0953. The maximum Gasteiger partial charge on any atom is 0.254 e. The summed E-state index contributed by atoms with van der Waals surface area (Å²) in [6.07, 6.45) is 1.54. The van der Waals surface area contributed by atoms with Gasteiger partial charge in [-0.3, -0.25) is 9.89 Å². The Morgan fingerprint density at radius 3 is 2.93 bits per heavy atom. The molecule has 0 bridgehead atoms. The number of hydrogen-bond acceptors (Lipinski definition) is 3. The number of carbonyl (C=O) groups is 1. The van der Waals surface area contributed by atoms with Gasteiger partial charge in [-0.05, 0) is 13.5 Å². The minimum absolute atomic E-state index is 0.0749. The Labute approximate surface area is 83.3 Å². The van der Waals surface area contributed by atoms with Crippen LogP contribution in [0.3, 0.4) is 0 Å². The molecule has 0 saturated carbocycles. The highest BCUT2D eigenvalue weighted by molar-refractivity contribution is 5.94. The van der Waals surface area contributed by atoms with E-state index in [4.69, 9.17) is 0 Å². The molecule has 0 aliphatic heterocycles. The molecule has 0 aliphatic carbocycles. The lowest BCUT2D eigenvalue weighted by atomic mass is 10.2. The summed E-state index contributed by atoms with van der Waals surface area (Å²) < 4.78 is 0. The van der Waals surface area contributed by atoms with Crippen molar-refractivity contribution in [2.45, 2.75) is 13.8 Å². The van der Waals surface area contributed by atoms with Crippen LogP contribution in [0.4, 0.5) is 0 Å². The van der Waals surface area contributed by atoms with Crippen LogP contribution in [0.5, 0.6) is 0 Å². The minimum Gasteiger partial charge on any atom is -0.351 e. The average molecular weight is 196 g/mol. The van der Waals surface area contributed by atoms with Crippen LogP contribution in [-0.2, 0) is 0 Å². The molecule has 0 aliphatic rings. The number of aromatic nitrogens is 2. The number of aryl methyl sites for hydroxylation is 1. The van der Waals surface area contributed by atoms with E-state index in [1.54, 1.807) is 0 Å². The summed E-state index contributed by atoms with van der Waals surface area (Å²) in [4.78, 5) is 11.5. The Morgan fingerprint density at radius 1 is 1.57 bits per heavy atom. The summed E-state index contributed by atoms with van der Waals surface area (Å²) in [5, 5.41) is 12.4. The van der Waals surface area contributed by atoms with Crippen molar-refractivity contribution in [3.8, 4) is 0 Å². The molecular formula is C9H16N4O. The van der Waals surface area contributed by atoms with E-state index in [-0.39, 0.29) is 5.91 Å². The molecule has 0 atom stereocenters. The molecule has 14 heavy (non-hydrogen) atoms. The van der Waals surface area contributed by atoms with Crippen LogP contribution in [-0.4, -0.2) is 35.7 Å². The molecule has 1 amide bonds.